The first-order chi connectivity index (χ1) is 9.27. The maximum Gasteiger partial charge on any atom is 0.188 e. The van der Waals surface area contributed by atoms with Gasteiger partial charge in [-0.1, -0.05) is 60.7 Å². The summed E-state index contributed by atoms with van der Waals surface area (Å²) < 4.78 is 5.17. The first-order valence-corrected chi connectivity index (χ1v) is 6.01. The summed E-state index contributed by atoms with van der Waals surface area (Å²) in [5, 5.41) is 0. The van der Waals surface area contributed by atoms with E-state index in [2.05, 4.69) is 0 Å². The summed E-state index contributed by atoms with van der Waals surface area (Å²) in [6.45, 7) is -0.162. The van der Waals surface area contributed by atoms with Gasteiger partial charge >= 0.3 is 0 Å². The monoisotopic (exact) mass is 254 g/mol. The molecule has 0 saturated carbocycles. The molecule has 0 saturated heterocycles. The lowest BCUT2D eigenvalue weighted by molar-refractivity contribution is 0.0672. The molecule has 3 heteroatoms. The smallest absolute Gasteiger partial charge is 0.188 e. The molecule has 0 bridgehead atoms. The topological polar surface area (TPSA) is 43.4 Å². The molecule has 0 atom stereocenters. The Morgan fingerprint density at radius 1 is 0.684 bits per heavy atom. The van der Waals surface area contributed by atoms with E-state index in [0.717, 1.165) is 0 Å². The van der Waals surface area contributed by atoms with Crippen molar-refractivity contribution in [2.45, 2.75) is 0 Å². The fourth-order valence-corrected chi connectivity index (χ4v) is 1.65. The molecule has 0 heterocycles. The zero-order valence-corrected chi connectivity index (χ0v) is 10.4. The average molecular weight is 254 g/mol. The number of rotatable bonds is 6. The average Bonchev–Trinajstić information content (AvgIpc) is 2.49. The Balaban J connectivity index is 1.81. The molecule has 2 aromatic rings. The van der Waals surface area contributed by atoms with E-state index in [1.807, 2.05) is 12.1 Å². The van der Waals surface area contributed by atoms with Gasteiger partial charge in [0.1, 0.15) is 13.2 Å². The van der Waals surface area contributed by atoms with Crippen molar-refractivity contribution in [3.05, 3.63) is 71.8 Å². The molecule has 0 unspecified atom stereocenters. The van der Waals surface area contributed by atoms with Crippen LogP contribution in [0.25, 0.3) is 0 Å². The highest BCUT2D eigenvalue weighted by Crippen LogP contribution is 2.02. The molecule has 0 spiro atoms. The van der Waals surface area contributed by atoms with Crippen LogP contribution in [0.3, 0.4) is 0 Å². The van der Waals surface area contributed by atoms with Crippen LogP contribution in [0.5, 0.6) is 0 Å². The van der Waals surface area contributed by atoms with Crippen LogP contribution < -0.4 is 0 Å². The first kappa shape index (κ1) is 13.2. The number of hydrogen-bond donors (Lipinski definition) is 0. The van der Waals surface area contributed by atoms with Gasteiger partial charge < -0.3 is 4.74 Å². The fourth-order valence-electron chi connectivity index (χ4n) is 1.65. The Bertz CT molecular complexity index is 495. The van der Waals surface area contributed by atoms with Crippen LogP contribution in [-0.4, -0.2) is 24.8 Å². The maximum absolute atomic E-state index is 11.7. The van der Waals surface area contributed by atoms with Crippen LogP contribution in [0.4, 0.5) is 0 Å². The third-order valence-electron chi connectivity index (χ3n) is 2.66. The van der Waals surface area contributed by atoms with Crippen LogP contribution in [0, 0.1) is 0 Å². The minimum Gasteiger partial charge on any atom is -0.365 e. The summed E-state index contributed by atoms with van der Waals surface area (Å²) in [5.74, 6) is -0.247. The van der Waals surface area contributed by atoms with Gasteiger partial charge in [0, 0.05) is 11.1 Å². The second kappa shape index (κ2) is 6.61. The first-order valence-electron chi connectivity index (χ1n) is 6.01. The third kappa shape index (κ3) is 3.86. The molecule has 0 N–H and O–H groups in total. The summed E-state index contributed by atoms with van der Waals surface area (Å²) >= 11 is 0. The van der Waals surface area contributed by atoms with E-state index in [1.165, 1.54) is 0 Å². The van der Waals surface area contributed by atoms with Gasteiger partial charge in [0.05, 0.1) is 0 Å². The van der Waals surface area contributed by atoms with E-state index in [1.54, 1.807) is 48.5 Å². The summed E-state index contributed by atoms with van der Waals surface area (Å²) in [7, 11) is 0. The molecule has 0 amide bonds. The molecule has 2 rings (SSSR count). The number of ketones is 2. The number of hydrogen-bond acceptors (Lipinski definition) is 3. The third-order valence-corrected chi connectivity index (χ3v) is 2.66. The zero-order chi connectivity index (χ0) is 13.5. The van der Waals surface area contributed by atoms with Gasteiger partial charge in [0.2, 0.25) is 0 Å². The Morgan fingerprint density at radius 2 is 1.05 bits per heavy atom. The van der Waals surface area contributed by atoms with Crippen LogP contribution >= 0.6 is 0 Å². The SMILES string of the molecule is O=C(COCC(=O)c1ccccc1)c1ccccc1. The van der Waals surface area contributed by atoms with Gasteiger partial charge in [0.15, 0.2) is 11.6 Å². The van der Waals surface area contributed by atoms with Crippen molar-refractivity contribution in [2.24, 2.45) is 0 Å². The van der Waals surface area contributed by atoms with Crippen LogP contribution in [-0.2, 0) is 4.74 Å². The lowest BCUT2D eigenvalue weighted by Gasteiger charge is -2.03. The second-order valence-electron chi connectivity index (χ2n) is 4.07. The number of ether oxygens (including phenoxy) is 1. The Labute approximate surface area is 111 Å². The van der Waals surface area contributed by atoms with Crippen LogP contribution in [0.15, 0.2) is 60.7 Å². The predicted octanol–water partition coefficient (Wildman–Crippen LogP) is 2.77. The summed E-state index contributed by atoms with van der Waals surface area (Å²) in [6, 6.07) is 17.8. The van der Waals surface area contributed by atoms with Crippen molar-refractivity contribution in [1.29, 1.82) is 0 Å². The van der Waals surface area contributed by atoms with Crippen LogP contribution in [0.1, 0.15) is 20.7 Å². The van der Waals surface area contributed by atoms with Crippen molar-refractivity contribution >= 4 is 11.6 Å². The van der Waals surface area contributed by atoms with Crippen molar-refractivity contribution in [2.75, 3.05) is 13.2 Å². The zero-order valence-electron chi connectivity index (χ0n) is 10.4. The van der Waals surface area contributed by atoms with Gasteiger partial charge in [-0.2, -0.15) is 0 Å². The molecule has 0 aliphatic heterocycles. The van der Waals surface area contributed by atoms with Crippen molar-refractivity contribution in [1.82, 2.24) is 0 Å². The number of benzene rings is 2. The van der Waals surface area contributed by atoms with Crippen molar-refractivity contribution in [3.63, 3.8) is 0 Å². The van der Waals surface area contributed by atoms with Gasteiger partial charge in [-0.25, -0.2) is 0 Å². The molecular formula is C16H14O3. The fraction of sp³-hybridized carbons (Fsp3) is 0.125. The molecule has 96 valence electrons. The number of Topliss-reactive ketones (excluding diaryl/α,β-unsaturated/α-hetero) is 2. The van der Waals surface area contributed by atoms with E-state index in [9.17, 15) is 9.59 Å². The molecule has 0 aliphatic rings. The maximum atomic E-state index is 11.7. The van der Waals surface area contributed by atoms with Gasteiger partial charge in [-0.15, -0.1) is 0 Å². The van der Waals surface area contributed by atoms with E-state index in [-0.39, 0.29) is 24.8 Å². The lowest BCUT2D eigenvalue weighted by Crippen LogP contribution is -2.15. The normalized spacial score (nSPS) is 10.1. The second-order valence-corrected chi connectivity index (χ2v) is 4.07. The molecule has 0 aliphatic carbocycles. The Morgan fingerprint density at radius 3 is 1.42 bits per heavy atom. The quantitative estimate of drug-likeness (QED) is 0.744. The number of carbonyl (C=O) groups excluding carboxylic acids is 2. The van der Waals surface area contributed by atoms with Gasteiger partial charge in [0.25, 0.3) is 0 Å². The van der Waals surface area contributed by atoms with Gasteiger partial charge in [-0.3, -0.25) is 9.59 Å². The lowest BCUT2D eigenvalue weighted by atomic mass is 10.1. The molecule has 2 aromatic carbocycles. The minimum absolute atomic E-state index is 0.0808. The summed E-state index contributed by atoms with van der Waals surface area (Å²) in [5.41, 5.74) is 1.18. The molecule has 0 aromatic heterocycles. The highest BCUT2D eigenvalue weighted by molar-refractivity contribution is 5.98. The Kier molecular flexibility index (Phi) is 4.59. The highest BCUT2D eigenvalue weighted by Gasteiger charge is 2.08. The molecule has 0 fully saturated rings. The molecule has 3 nitrogen and oxygen atoms in total. The molecule has 19 heavy (non-hydrogen) atoms. The van der Waals surface area contributed by atoms with E-state index < -0.39 is 0 Å². The largest absolute Gasteiger partial charge is 0.365 e. The van der Waals surface area contributed by atoms with Crippen LogP contribution in [0.2, 0.25) is 0 Å². The summed E-state index contributed by atoms with van der Waals surface area (Å²) in [4.78, 5) is 23.5. The van der Waals surface area contributed by atoms with Crippen molar-refractivity contribution < 1.29 is 14.3 Å². The highest BCUT2D eigenvalue weighted by atomic mass is 16.5. The van der Waals surface area contributed by atoms with Gasteiger partial charge in [-0.05, 0) is 0 Å². The number of carbonyl (C=O) groups is 2. The van der Waals surface area contributed by atoms with Crippen molar-refractivity contribution in [3.8, 4) is 0 Å². The standard InChI is InChI=1S/C16H14O3/c17-15(13-7-3-1-4-8-13)11-19-12-16(18)14-9-5-2-6-10-14/h1-10H,11-12H2. The van der Waals surface area contributed by atoms with E-state index in [4.69, 9.17) is 4.74 Å². The van der Waals surface area contributed by atoms with E-state index >= 15 is 0 Å². The molecule has 0 radical (unpaired) electrons. The predicted molar refractivity (Wildman–Crippen MR) is 72.4 cm³/mol. The summed E-state index contributed by atoms with van der Waals surface area (Å²) in [6.07, 6.45) is 0. The minimum atomic E-state index is -0.124. The van der Waals surface area contributed by atoms with E-state index in [0.29, 0.717) is 11.1 Å². The Hall–Kier alpha value is -2.26. The molecular weight excluding hydrogens is 240 g/mol.